The molecule has 0 N–H and O–H groups in total. The number of pyridine rings is 1. The predicted molar refractivity (Wildman–Crippen MR) is 77.9 cm³/mol. The molecule has 0 radical (unpaired) electrons. The van der Waals surface area contributed by atoms with Crippen molar-refractivity contribution in [1.82, 2.24) is 4.57 Å². The van der Waals surface area contributed by atoms with Gasteiger partial charge in [0.25, 0.3) is 5.56 Å². The fourth-order valence-electron chi connectivity index (χ4n) is 3.72. The van der Waals surface area contributed by atoms with Crippen LogP contribution in [0.5, 0.6) is 0 Å². The molecule has 0 aliphatic carbocycles. The molecule has 1 unspecified atom stereocenters. The van der Waals surface area contributed by atoms with Gasteiger partial charge < -0.3 is 23.5 Å². The molecule has 1 spiro atoms. The Morgan fingerprint density at radius 2 is 2.13 bits per heavy atom. The Morgan fingerprint density at radius 3 is 2.87 bits per heavy atom. The topological polar surface area (TPSA) is 76.0 Å². The molecule has 1 atom stereocenters. The average Bonchev–Trinajstić information content (AvgIpc) is 3.16. The van der Waals surface area contributed by atoms with Gasteiger partial charge in [-0.05, 0) is 18.1 Å². The maximum Gasteiger partial charge on any atom is 0.313 e. The molecule has 7 nitrogen and oxygen atoms in total. The molecule has 1 aromatic rings. The van der Waals surface area contributed by atoms with E-state index < -0.39 is 11.7 Å². The molecule has 4 rings (SSSR count). The third kappa shape index (κ3) is 2.14. The molecule has 3 aliphatic rings. The minimum atomic E-state index is -0.832. The highest BCUT2D eigenvalue weighted by Crippen LogP contribution is 2.41. The summed E-state index contributed by atoms with van der Waals surface area (Å²) in [5.74, 6) is -1.61. The number of methoxy groups -OCH3 is 1. The number of carbonyl (C=O) groups excluding carboxylic acids is 1. The van der Waals surface area contributed by atoms with Gasteiger partial charge in [0.1, 0.15) is 6.61 Å². The van der Waals surface area contributed by atoms with E-state index in [4.69, 9.17) is 18.9 Å². The molecule has 3 aliphatic heterocycles. The number of nitrogens with zero attached hydrogens (tertiary/aromatic N) is 1. The Labute approximate surface area is 133 Å². The van der Waals surface area contributed by atoms with Crippen LogP contribution in [-0.2, 0) is 42.7 Å². The molecular formula is C16H19NO6. The summed E-state index contributed by atoms with van der Waals surface area (Å²) in [6.45, 7) is 2.04. The highest BCUT2D eigenvalue weighted by molar-refractivity contribution is 5.80. The van der Waals surface area contributed by atoms with Crippen LogP contribution in [-0.4, -0.2) is 37.5 Å². The van der Waals surface area contributed by atoms with Crippen molar-refractivity contribution in [2.45, 2.75) is 37.7 Å². The first-order valence-electron chi connectivity index (χ1n) is 7.87. The second kappa shape index (κ2) is 5.43. The number of fused-ring (bicyclic) bond motifs is 3. The SMILES string of the molecule is COCCC1C(=O)OCc2c1cc1n(c2=O)CCC12OCCO2. The van der Waals surface area contributed by atoms with E-state index in [2.05, 4.69) is 0 Å². The van der Waals surface area contributed by atoms with Gasteiger partial charge in [-0.1, -0.05) is 0 Å². The zero-order chi connectivity index (χ0) is 16.0. The van der Waals surface area contributed by atoms with E-state index in [0.29, 0.717) is 44.8 Å². The van der Waals surface area contributed by atoms with E-state index in [9.17, 15) is 9.59 Å². The van der Waals surface area contributed by atoms with Crippen LogP contribution in [0, 0.1) is 0 Å². The molecule has 7 heteroatoms. The number of carbonyl (C=O) groups is 1. The molecule has 23 heavy (non-hydrogen) atoms. The predicted octanol–water partition coefficient (Wildman–Crippen LogP) is 0.628. The van der Waals surface area contributed by atoms with Gasteiger partial charge >= 0.3 is 5.97 Å². The first kappa shape index (κ1) is 14.9. The minimum absolute atomic E-state index is 0.0332. The summed E-state index contributed by atoms with van der Waals surface area (Å²) < 4.78 is 23.6. The van der Waals surface area contributed by atoms with Gasteiger partial charge in [0.05, 0.1) is 30.4 Å². The molecule has 0 saturated carbocycles. The smallest absolute Gasteiger partial charge is 0.313 e. The van der Waals surface area contributed by atoms with Crippen LogP contribution in [0.2, 0.25) is 0 Å². The molecule has 0 amide bonds. The third-order valence-corrected chi connectivity index (χ3v) is 4.87. The van der Waals surface area contributed by atoms with Crippen LogP contribution in [0.25, 0.3) is 0 Å². The number of ether oxygens (including phenoxy) is 4. The van der Waals surface area contributed by atoms with E-state index in [1.165, 1.54) is 0 Å². The van der Waals surface area contributed by atoms with Crippen molar-refractivity contribution in [1.29, 1.82) is 0 Å². The monoisotopic (exact) mass is 321 g/mol. The Bertz CT molecular complexity index is 703. The van der Waals surface area contributed by atoms with Crippen molar-refractivity contribution in [3.63, 3.8) is 0 Å². The van der Waals surface area contributed by atoms with E-state index >= 15 is 0 Å². The molecule has 1 saturated heterocycles. The lowest BCUT2D eigenvalue weighted by molar-refractivity contribution is -0.163. The lowest BCUT2D eigenvalue weighted by atomic mass is 9.89. The largest absolute Gasteiger partial charge is 0.460 e. The Hall–Kier alpha value is -1.70. The minimum Gasteiger partial charge on any atom is -0.460 e. The van der Waals surface area contributed by atoms with E-state index in [-0.39, 0.29) is 18.1 Å². The van der Waals surface area contributed by atoms with Gasteiger partial charge in [-0.2, -0.15) is 0 Å². The zero-order valence-electron chi connectivity index (χ0n) is 13.0. The molecular weight excluding hydrogens is 302 g/mol. The summed E-state index contributed by atoms with van der Waals surface area (Å²) in [6.07, 6.45) is 1.10. The van der Waals surface area contributed by atoms with Crippen LogP contribution in [0.15, 0.2) is 10.9 Å². The fourth-order valence-corrected chi connectivity index (χ4v) is 3.72. The zero-order valence-corrected chi connectivity index (χ0v) is 13.0. The summed E-state index contributed by atoms with van der Waals surface area (Å²) in [6, 6.07) is 1.90. The van der Waals surface area contributed by atoms with Crippen molar-refractivity contribution in [2.75, 3.05) is 26.9 Å². The van der Waals surface area contributed by atoms with Crippen LogP contribution in [0.4, 0.5) is 0 Å². The van der Waals surface area contributed by atoms with Gasteiger partial charge in [-0.3, -0.25) is 9.59 Å². The molecule has 0 aromatic carbocycles. The maximum atomic E-state index is 12.8. The van der Waals surface area contributed by atoms with Crippen LogP contribution in [0.3, 0.4) is 0 Å². The van der Waals surface area contributed by atoms with Crippen LogP contribution < -0.4 is 5.56 Å². The van der Waals surface area contributed by atoms with Gasteiger partial charge in [0, 0.05) is 26.7 Å². The molecule has 1 aromatic heterocycles. The van der Waals surface area contributed by atoms with Gasteiger partial charge in [-0.15, -0.1) is 0 Å². The summed E-state index contributed by atoms with van der Waals surface area (Å²) in [5.41, 5.74) is 1.90. The van der Waals surface area contributed by atoms with Crippen LogP contribution in [0.1, 0.15) is 35.6 Å². The quantitative estimate of drug-likeness (QED) is 0.760. The Balaban J connectivity index is 1.84. The maximum absolute atomic E-state index is 12.8. The number of hydrogen-bond acceptors (Lipinski definition) is 6. The van der Waals surface area contributed by atoms with Gasteiger partial charge in [0.2, 0.25) is 5.79 Å². The summed E-state index contributed by atoms with van der Waals surface area (Å²) in [4.78, 5) is 24.9. The lowest BCUT2D eigenvalue weighted by Crippen LogP contribution is -2.35. The summed E-state index contributed by atoms with van der Waals surface area (Å²) in [7, 11) is 1.59. The molecule has 4 heterocycles. The first-order chi connectivity index (χ1) is 11.2. The standard InChI is InChI=1S/C16H19NO6/c1-20-5-2-10-11-8-13-16(22-6-7-23-16)3-4-17(13)14(18)12(11)9-21-15(10)19/h8,10H,2-7,9H2,1H3. The van der Waals surface area contributed by atoms with E-state index in [1.807, 2.05) is 6.07 Å². The first-order valence-corrected chi connectivity index (χ1v) is 7.87. The van der Waals surface area contributed by atoms with E-state index in [1.54, 1.807) is 11.7 Å². The second-order valence-corrected chi connectivity index (χ2v) is 6.06. The number of cyclic esters (lactones) is 1. The number of aromatic nitrogens is 1. The Morgan fingerprint density at radius 1 is 1.35 bits per heavy atom. The molecule has 1 fully saturated rings. The number of esters is 1. The molecule has 0 bridgehead atoms. The van der Waals surface area contributed by atoms with Crippen LogP contribution >= 0.6 is 0 Å². The Kier molecular flexibility index (Phi) is 3.51. The van der Waals surface area contributed by atoms with Gasteiger partial charge in [0.15, 0.2) is 0 Å². The van der Waals surface area contributed by atoms with Crippen molar-refractivity contribution in [3.05, 3.63) is 33.2 Å². The number of hydrogen-bond donors (Lipinski definition) is 0. The highest BCUT2D eigenvalue weighted by atomic mass is 16.7. The summed E-state index contributed by atoms with van der Waals surface area (Å²) >= 11 is 0. The van der Waals surface area contributed by atoms with Crippen molar-refractivity contribution in [3.8, 4) is 0 Å². The third-order valence-electron chi connectivity index (χ3n) is 4.87. The average molecular weight is 321 g/mol. The lowest BCUT2D eigenvalue weighted by Gasteiger charge is -2.27. The van der Waals surface area contributed by atoms with Gasteiger partial charge in [-0.25, -0.2) is 0 Å². The molecule has 124 valence electrons. The summed E-state index contributed by atoms with van der Waals surface area (Å²) in [5, 5.41) is 0. The normalized spacial score (nSPS) is 24.6. The van der Waals surface area contributed by atoms with Crippen molar-refractivity contribution >= 4 is 5.97 Å². The van der Waals surface area contributed by atoms with Crippen molar-refractivity contribution < 1.29 is 23.7 Å². The van der Waals surface area contributed by atoms with E-state index in [0.717, 1.165) is 11.3 Å². The highest BCUT2D eigenvalue weighted by Gasteiger charge is 2.47. The fraction of sp³-hybridized carbons (Fsp3) is 0.625. The second-order valence-electron chi connectivity index (χ2n) is 6.06. The van der Waals surface area contributed by atoms with Crippen molar-refractivity contribution in [2.24, 2.45) is 0 Å². The number of rotatable bonds is 3.